The first kappa shape index (κ1) is 10.8. The molecule has 0 amide bonds. The SMILES string of the molecule is Nc1ccc(/C=C/c2ccccc2)c(Cl)c1. The second-order valence-corrected chi connectivity index (χ2v) is 3.93. The zero-order chi connectivity index (χ0) is 11.4. The quantitative estimate of drug-likeness (QED) is 0.609. The van der Waals surface area contributed by atoms with E-state index in [-0.39, 0.29) is 0 Å². The van der Waals surface area contributed by atoms with Crippen LogP contribution in [0, 0.1) is 0 Å². The average molecular weight is 230 g/mol. The highest BCUT2D eigenvalue weighted by atomic mass is 35.5. The fraction of sp³-hybridized carbons (Fsp3) is 0. The van der Waals surface area contributed by atoms with Crippen molar-refractivity contribution in [2.75, 3.05) is 5.73 Å². The van der Waals surface area contributed by atoms with Crippen molar-refractivity contribution in [3.63, 3.8) is 0 Å². The minimum atomic E-state index is 0.673. The molecule has 16 heavy (non-hydrogen) atoms. The Kier molecular flexibility index (Phi) is 3.28. The highest BCUT2D eigenvalue weighted by Crippen LogP contribution is 2.21. The second-order valence-electron chi connectivity index (χ2n) is 3.52. The molecule has 0 saturated carbocycles. The predicted molar refractivity (Wildman–Crippen MR) is 71.2 cm³/mol. The van der Waals surface area contributed by atoms with Crippen molar-refractivity contribution < 1.29 is 0 Å². The number of hydrogen-bond donors (Lipinski definition) is 1. The molecule has 2 N–H and O–H groups in total. The van der Waals surface area contributed by atoms with Gasteiger partial charge in [0.05, 0.1) is 0 Å². The van der Waals surface area contributed by atoms with Crippen LogP contribution in [-0.4, -0.2) is 0 Å². The van der Waals surface area contributed by atoms with E-state index in [9.17, 15) is 0 Å². The first-order valence-electron chi connectivity index (χ1n) is 5.04. The number of hydrogen-bond acceptors (Lipinski definition) is 1. The molecule has 80 valence electrons. The Labute approximate surface area is 100 Å². The van der Waals surface area contributed by atoms with Crippen LogP contribution in [0.15, 0.2) is 48.5 Å². The van der Waals surface area contributed by atoms with E-state index in [1.54, 1.807) is 6.07 Å². The maximum Gasteiger partial charge on any atom is 0.0498 e. The highest BCUT2D eigenvalue weighted by Gasteiger charge is 1.96. The Morgan fingerprint density at radius 3 is 2.38 bits per heavy atom. The van der Waals surface area contributed by atoms with E-state index in [2.05, 4.69) is 0 Å². The number of benzene rings is 2. The van der Waals surface area contributed by atoms with Gasteiger partial charge in [0, 0.05) is 10.7 Å². The number of halogens is 1. The Bertz CT molecular complexity index is 503. The first-order valence-corrected chi connectivity index (χ1v) is 5.42. The molecule has 0 saturated heterocycles. The van der Waals surface area contributed by atoms with Crippen LogP contribution < -0.4 is 5.73 Å². The Hall–Kier alpha value is -1.73. The van der Waals surface area contributed by atoms with E-state index in [4.69, 9.17) is 17.3 Å². The van der Waals surface area contributed by atoms with E-state index >= 15 is 0 Å². The maximum atomic E-state index is 6.06. The third kappa shape index (κ3) is 2.65. The lowest BCUT2D eigenvalue weighted by molar-refractivity contribution is 1.63. The van der Waals surface area contributed by atoms with Gasteiger partial charge in [-0.2, -0.15) is 0 Å². The molecular formula is C14H12ClN. The Balaban J connectivity index is 2.24. The molecular weight excluding hydrogens is 218 g/mol. The van der Waals surface area contributed by atoms with Crippen LogP contribution in [0.4, 0.5) is 5.69 Å². The van der Waals surface area contributed by atoms with Crippen LogP contribution in [0.1, 0.15) is 11.1 Å². The van der Waals surface area contributed by atoms with Crippen molar-refractivity contribution in [2.24, 2.45) is 0 Å². The normalized spacial score (nSPS) is 10.8. The summed E-state index contributed by atoms with van der Waals surface area (Å²) in [7, 11) is 0. The summed E-state index contributed by atoms with van der Waals surface area (Å²) in [5, 5.41) is 0.673. The molecule has 0 atom stereocenters. The van der Waals surface area contributed by atoms with Gasteiger partial charge in [0.1, 0.15) is 0 Å². The van der Waals surface area contributed by atoms with Gasteiger partial charge in [-0.15, -0.1) is 0 Å². The maximum absolute atomic E-state index is 6.06. The van der Waals surface area contributed by atoms with Crippen molar-refractivity contribution in [2.45, 2.75) is 0 Å². The third-order valence-electron chi connectivity index (χ3n) is 2.28. The Morgan fingerprint density at radius 1 is 0.938 bits per heavy atom. The summed E-state index contributed by atoms with van der Waals surface area (Å²) < 4.78 is 0. The van der Waals surface area contributed by atoms with Gasteiger partial charge in [0.2, 0.25) is 0 Å². The lowest BCUT2D eigenvalue weighted by Crippen LogP contribution is -1.84. The third-order valence-corrected chi connectivity index (χ3v) is 2.61. The minimum Gasteiger partial charge on any atom is -0.399 e. The van der Waals surface area contributed by atoms with E-state index in [1.807, 2.05) is 54.6 Å². The van der Waals surface area contributed by atoms with Crippen LogP contribution in [0.2, 0.25) is 5.02 Å². The zero-order valence-electron chi connectivity index (χ0n) is 8.73. The largest absolute Gasteiger partial charge is 0.399 e. The fourth-order valence-electron chi connectivity index (χ4n) is 1.43. The van der Waals surface area contributed by atoms with E-state index in [0.29, 0.717) is 10.7 Å². The highest BCUT2D eigenvalue weighted by molar-refractivity contribution is 6.32. The van der Waals surface area contributed by atoms with Crippen LogP contribution in [0.3, 0.4) is 0 Å². The van der Waals surface area contributed by atoms with Gasteiger partial charge in [0.15, 0.2) is 0 Å². The topological polar surface area (TPSA) is 26.0 Å². The van der Waals surface area contributed by atoms with E-state index < -0.39 is 0 Å². The minimum absolute atomic E-state index is 0.673. The zero-order valence-corrected chi connectivity index (χ0v) is 9.48. The monoisotopic (exact) mass is 229 g/mol. The average Bonchev–Trinajstić information content (AvgIpc) is 2.29. The smallest absolute Gasteiger partial charge is 0.0498 e. The summed E-state index contributed by atoms with van der Waals surface area (Å²) >= 11 is 6.06. The standard InChI is InChI=1S/C14H12ClN/c15-14-10-13(16)9-8-12(14)7-6-11-4-2-1-3-5-11/h1-10H,16H2/b7-6+. The van der Waals surface area contributed by atoms with Crippen molar-refractivity contribution in [1.29, 1.82) is 0 Å². The molecule has 0 heterocycles. The molecule has 0 radical (unpaired) electrons. The van der Waals surface area contributed by atoms with Gasteiger partial charge in [-0.05, 0) is 23.3 Å². The van der Waals surface area contributed by atoms with E-state index in [0.717, 1.165) is 11.1 Å². The molecule has 0 fully saturated rings. The molecule has 0 aliphatic rings. The molecule has 0 aliphatic carbocycles. The number of nitrogens with two attached hydrogens (primary N) is 1. The van der Waals surface area contributed by atoms with Gasteiger partial charge < -0.3 is 5.73 Å². The summed E-state index contributed by atoms with van der Waals surface area (Å²) in [6.07, 6.45) is 4.01. The van der Waals surface area contributed by atoms with Gasteiger partial charge in [-0.25, -0.2) is 0 Å². The molecule has 1 nitrogen and oxygen atoms in total. The summed E-state index contributed by atoms with van der Waals surface area (Å²) in [6.45, 7) is 0. The second kappa shape index (κ2) is 4.86. The molecule has 0 aromatic heterocycles. The van der Waals surface area contributed by atoms with Crippen LogP contribution >= 0.6 is 11.6 Å². The summed E-state index contributed by atoms with van der Waals surface area (Å²) in [5.74, 6) is 0. The van der Waals surface area contributed by atoms with Crippen molar-refractivity contribution in [3.8, 4) is 0 Å². The van der Waals surface area contributed by atoms with Gasteiger partial charge in [-0.1, -0.05) is 60.2 Å². The molecule has 0 aliphatic heterocycles. The van der Waals surface area contributed by atoms with Crippen LogP contribution in [-0.2, 0) is 0 Å². The van der Waals surface area contributed by atoms with Crippen LogP contribution in [0.5, 0.6) is 0 Å². The summed E-state index contributed by atoms with van der Waals surface area (Å²) in [4.78, 5) is 0. The summed E-state index contributed by atoms with van der Waals surface area (Å²) in [5.41, 5.74) is 8.43. The molecule has 2 rings (SSSR count). The van der Waals surface area contributed by atoms with Gasteiger partial charge in [-0.3, -0.25) is 0 Å². The van der Waals surface area contributed by atoms with Crippen molar-refractivity contribution in [3.05, 3.63) is 64.7 Å². The summed E-state index contributed by atoms with van der Waals surface area (Å²) in [6, 6.07) is 15.6. The first-order chi connectivity index (χ1) is 7.75. The molecule has 0 bridgehead atoms. The van der Waals surface area contributed by atoms with Gasteiger partial charge in [0.25, 0.3) is 0 Å². The number of rotatable bonds is 2. The number of anilines is 1. The predicted octanol–water partition coefficient (Wildman–Crippen LogP) is 4.09. The Morgan fingerprint density at radius 2 is 1.69 bits per heavy atom. The fourth-order valence-corrected chi connectivity index (χ4v) is 1.68. The molecule has 2 aromatic carbocycles. The molecule has 0 unspecified atom stereocenters. The molecule has 0 spiro atoms. The van der Waals surface area contributed by atoms with E-state index in [1.165, 1.54) is 0 Å². The van der Waals surface area contributed by atoms with Crippen LogP contribution in [0.25, 0.3) is 12.2 Å². The van der Waals surface area contributed by atoms with Crippen molar-refractivity contribution >= 4 is 29.4 Å². The number of nitrogen functional groups attached to an aromatic ring is 1. The molecule has 2 aromatic rings. The van der Waals surface area contributed by atoms with Crippen molar-refractivity contribution in [1.82, 2.24) is 0 Å². The lowest BCUT2D eigenvalue weighted by Gasteiger charge is -1.99. The lowest BCUT2D eigenvalue weighted by atomic mass is 10.1. The molecule has 2 heteroatoms. The van der Waals surface area contributed by atoms with Gasteiger partial charge >= 0.3 is 0 Å².